The molecule has 114 valence electrons. The van der Waals surface area contributed by atoms with Crippen LogP contribution in [0.2, 0.25) is 0 Å². The Kier molecular flexibility index (Phi) is 4.07. The highest BCUT2D eigenvalue weighted by Gasteiger charge is 2.27. The molecular formula is C15H23N5O. The quantitative estimate of drug-likeness (QED) is 0.840. The second kappa shape index (κ2) is 5.99. The molecule has 2 saturated heterocycles. The summed E-state index contributed by atoms with van der Waals surface area (Å²) in [5.41, 5.74) is 1.62. The molecule has 1 aromatic heterocycles. The van der Waals surface area contributed by atoms with Crippen LogP contribution in [0.1, 0.15) is 10.5 Å². The lowest BCUT2D eigenvalue weighted by atomic mass is 10.1. The van der Waals surface area contributed by atoms with Crippen LogP contribution < -0.4 is 10.2 Å². The summed E-state index contributed by atoms with van der Waals surface area (Å²) in [4.78, 5) is 22.6. The Morgan fingerprint density at radius 3 is 2.57 bits per heavy atom. The lowest BCUT2D eigenvalue weighted by molar-refractivity contribution is 0.0822. The van der Waals surface area contributed by atoms with Gasteiger partial charge in [0.15, 0.2) is 0 Å². The molecule has 1 N–H and O–H groups in total. The monoisotopic (exact) mass is 289 g/mol. The number of carbonyl (C=O) groups excluding carboxylic acids is 1. The number of amides is 1. The van der Waals surface area contributed by atoms with Crippen LogP contribution in [0.15, 0.2) is 18.3 Å². The zero-order valence-corrected chi connectivity index (χ0v) is 12.7. The average Bonchev–Trinajstić information content (AvgIpc) is 2.45. The van der Waals surface area contributed by atoms with Crippen LogP contribution in [-0.2, 0) is 0 Å². The normalized spacial score (nSPS) is 20.2. The van der Waals surface area contributed by atoms with Gasteiger partial charge in [0.2, 0.25) is 0 Å². The number of pyridine rings is 1. The van der Waals surface area contributed by atoms with Gasteiger partial charge in [0.1, 0.15) is 5.69 Å². The maximum absolute atomic E-state index is 12.0. The molecule has 6 nitrogen and oxygen atoms in total. The number of carbonyl (C=O) groups is 1. The van der Waals surface area contributed by atoms with Crippen molar-refractivity contribution in [3.05, 3.63) is 24.0 Å². The largest absolute Gasteiger partial charge is 0.369 e. The van der Waals surface area contributed by atoms with Gasteiger partial charge in [0, 0.05) is 71.3 Å². The zero-order valence-electron chi connectivity index (χ0n) is 12.7. The smallest absolute Gasteiger partial charge is 0.272 e. The third kappa shape index (κ3) is 3.01. The van der Waals surface area contributed by atoms with Gasteiger partial charge in [-0.3, -0.25) is 14.7 Å². The van der Waals surface area contributed by atoms with Crippen molar-refractivity contribution in [2.45, 2.75) is 6.04 Å². The molecule has 3 heterocycles. The second-order valence-corrected chi connectivity index (χ2v) is 5.93. The summed E-state index contributed by atoms with van der Waals surface area (Å²) in [6.45, 7) is 6.44. The van der Waals surface area contributed by atoms with Crippen molar-refractivity contribution in [2.24, 2.45) is 0 Å². The van der Waals surface area contributed by atoms with Crippen LogP contribution in [0.5, 0.6) is 0 Å². The molecule has 2 aliphatic rings. The summed E-state index contributed by atoms with van der Waals surface area (Å²) < 4.78 is 0. The lowest BCUT2D eigenvalue weighted by Gasteiger charge is -2.43. The van der Waals surface area contributed by atoms with Crippen LogP contribution in [0.4, 0.5) is 5.69 Å². The molecule has 3 rings (SSSR count). The SMILES string of the molecule is CN(C)C(=O)c1cc(N2CCN(C3CNC3)CC2)ccn1. The van der Waals surface area contributed by atoms with E-state index in [2.05, 4.69) is 20.1 Å². The molecule has 0 radical (unpaired) electrons. The van der Waals surface area contributed by atoms with E-state index in [1.54, 1.807) is 25.2 Å². The van der Waals surface area contributed by atoms with Crippen molar-refractivity contribution in [1.29, 1.82) is 0 Å². The van der Waals surface area contributed by atoms with E-state index < -0.39 is 0 Å². The molecule has 6 heteroatoms. The summed E-state index contributed by atoms with van der Waals surface area (Å²) in [6, 6.07) is 4.62. The number of nitrogens with one attached hydrogen (secondary N) is 1. The van der Waals surface area contributed by atoms with E-state index >= 15 is 0 Å². The number of nitrogens with zero attached hydrogens (tertiary/aromatic N) is 4. The highest BCUT2D eigenvalue weighted by atomic mass is 16.2. The van der Waals surface area contributed by atoms with Crippen molar-refractivity contribution in [3.8, 4) is 0 Å². The Morgan fingerprint density at radius 2 is 2.00 bits per heavy atom. The Balaban J connectivity index is 1.64. The predicted octanol–water partition coefficient (Wildman–Crippen LogP) is -0.123. The van der Waals surface area contributed by atoms with Crippen molar-refractivity contribution in [2.75, 3.05) is 58.3 Å². The molecule has 0 saturated carbocycles. The average molecular weight is 289 g/mol. The minimum atomic E-state index is -0.0453. The number of piperazine rings is 1. The van der Waals surface area contributed by atoms with Gasteiger partial charge >= 0.3 is 0 Å². The highest BCUT2D eigenvalue weighted by molar-refractivity contribution is 5.92. The number of anilines is 1. The Hall–Kier alpha value is -1.66. The van der Waals surface area contributed by atoms with Crippen LogP contribution in [-0.4, -0.2) is 80.1 Å². The Morgan fingerprint density at radius 1 is 1.29 bits per heavy atom. The molecule has 2 fully saturated rings. The third-order valence-electron chi connectivity index (χ3n) is 4.32. The molecule has 0 spiro atoms. The van der Waals surface area contributed by atoms with Crippen molar-refractivity contribution >= 4 is 11.6 Å². The van der Waals surface area contributed by atoms with Gasteiger partial charge in [-0.1, -0.05) is 0 Å². The van der Waals surface area contributed by atoms with Gasteiger partial charge in [-0.05, 0) is 12.1 Å². The molecule has 0 atom stereocenters. The molecule has 0 bridgehead atoms. The summed E-state index contributed by atoms with van der Waals surface area (Å²) in [7, 11) is 3.50. The summed E-state index contributed by atoms with van der Waals surface area (Å²) in [5.74, 6) is -0.0453. The molecular weight excluding hydrogens is 266 g/mol. The highest BCUT2D eigenvalue weighted by Crippen LogP contribution is 2.19. The first-order chi connectivity index (χ1) is 10.1. The first kappa shape index (κ1) is 14.3. The van der Waals surface area contributed by atoms with Crippen LogP contribution in [0, 0.1) is 0 Å². The predicted molar refractivity (Wildman–Crippen MR) is 82.7 cm³/mol. The molecule has 1 amide bonds. The maximum atomic E-state index is 12.0. The fourth-order valence-electron chi connectivity index (χ4n) is 2.84. The van der Waals surface area contributed by atoms with Gasteiger partial charge < -0.3 is 15.1 Å². The van der Waals surface area contributed by atoms with Gasteiger partial charge in [0.25, 0.3) is 5.91 Å². The fourth-order valence-corrected chi connectivity index (χ4v) is 2.84. The molecule has 1 aromatic rings. The van der Waals surface area contributed by atoms with E-state index in [1.807, 2.05) is 12.1 Å². The first-order valence-electron chi connectivity index (χ1n) is 7.52. The Bertz CT molecular complexity index is 507. The lowest BCUT2D eigenvalue weighted by Crippen LogP contribution is -2.61. The summed E-state index contributed by atoms with van der Waals surface area (Å²) in [6.07, 6.45) is 1.73. The molecule has 0 aromatic carbocycles. The van der Waals surface area contributed by atoms with E-state index in [0.29, 0.717) is 5.69 Å². The summed E-state index contributed by atoms with van der Waals surface area (Å²) in [5, 5.41) is 3.33. The molecule has 21 heavy (non-hydrogen) atoms. The van der Waals surface area contributed by atoms with Gasteiger partial charge in [0.05, 0.1) is 0 Å². The van der Waals surface area contributed by atoms with E-state index in [9.17, 15) is 4.79 Å². The van der Waals surface area contributed by atoms with Crippen molar-refractivity contribution in [1.82, 2.24) is 20.1 Å². The third-order valence-corrected chi connectivity index (χ3v) is 4.32. The van der Waals surface area contributed by atoms with Crippen LogP contribution >= 0.6 is 0 Å². The van der Waals surface area contributed by atoms with Crippen molar-refractivity contribution in [3.63, 3.8) is 0 Å². The van der Waals surface area contributed by atoms with Gasteiger partial charge in [-0.2, -0.15) is 0 Å². The number of aromatic nitrogens is 1. The molecule has 0 unspecified atom stereocenters. The molecule has 2 aliphatic heterocycles. The van der Waals surface area contributed by atoms with Gasteiger partial charge in [-0.15, -0.1) is 0 Å². The van der Waals surface area contributed by atoms with E-state index in [-0.39, 0.29) is 5.91 Å². The zero-order chi connectivity index (χ0) is 14.8. The topological polar surface area (TPSA) is 51.7 Å². The van der Waals surface area contributed by atoms with Crippen molar-refractivity contribution < 1.29 is 4.79 Å². The maximum Gasteiger partial charge on any atom is 0.272 e. The number of hydrogen-bond donors (Lipinski definition) is 1. The van der Waals surface area contributed by atoms with Gasteiger partial charge in [-0.25, -0.2) is 0 Å². The minimum Gasteiger partial charge on any atom is -0.369 e. The van der Waals surface area contributed by atoms with Crippen LogP contribution in [0.3, 0.4) is 0 Å². The number of hydrogen-bond acceptors (Lipinski definition) is 5. The summed E-state index contributed by atoms with van der Waals surface area (Å²) >= 11 is 0. The number of rotatable bonds is 3. The fraction of sp³-hybridized carbons (Fsp3) is 0.600. The minimum absolute atomic E-state index is 0.0453. The van der Waals surface area contributed by atoms with E-state index in [1.165, 1.54) is 0 Å². The van der Waals surface area contributed by atoms with E-state index in [0.717, 1.165) is 51.0 Å². The second-order valence-electron chi connectivity index (χ2n) is 5.93. The molecule has 0 aliphatic carbocycles. The standard InChI is InChI=1S/C15H23N5O/c1-18(2)15(21)14-9-12(3-4-17-14)19-5-7-20(8-6-19)13-10-16-11-13/h3-4,9,13,16H,5-8,10-11H2,1-2H3. The van der Waals surface area contributed by atoms with Crippen LogP contribution in [0.25, 0.3) is 0 Å². The Labute approximate surface area is 125 Å². The van der Waals surface area contributed by atoms with E-state index in [4.69, 9.17) is 0 Å². The first-order valence-corrected chi connectivity index (χ1v) is 7.52.